The summed E-state index contributed by atoms with van der Waals surface area (Å²) in [6, 6.07) is 5.12. The van der Waals surface area contributed by atoms with Gasteiger partial charge in [0.1, 0.15) is 0 Å². The third kappa shape index (κ3) is 2.35. The van der Waals surface area contributed by atoms with Crippen molar-refractivity contribution in [3.63, 3.8) is 0 Å². The minimum Gasteiger partial charge on any atom is -0.299 e. The molecule has 1 fully saturated rings. The highest BCUT2D eigenvalue weighted by atomic mass is 15.1. The smallest absolute Gasteiger partial charge is 0.0472 e. The normalized spacial score (nSPS) is 28.7. The van der Waals surface area contributed by atoms with Crippen LogP contribution < -0.4 is 0 Å². The number of rotatable bonds is 2. The van der Waals surface area contributed by atoms with E-state index in [2.05, 4.69) is 42.4 Å². The van der Waals surface area contributed by atoms with Crippen molar-refractivity contribution in [3.8, 4) is 0 Å². The van der Waals surface area contributed by atoms with Crippen molar-refractivity contribution < 1.29 is 0 Å². The first kappa shape index (κ1) is 11.9. The van der Waals surface area contributed by atoms with E-state index in [1.807, 2.05) is 0 Å². The largest absolute Gasteiger partial charge is 0.299 e. The van der Waals surface area contributed by atoms with E-state index in [1.54, 1.807) is 0 Å². The third-order valence-corrected chi connectivity index (χ3v) is 4.35. The lowest BCUT2D eigenvalue weighted by Crippen LogP contribution is -2.17. The Kier molecular flexibility index (Phi) is 3.46. The first-order valence-corrected chi connectivity index (χ1v) is 7.17. The van der Waals surface area contributed by atoms with Gasteiger partial charge < -0.3 is 0 Å². The molecule has 0 N–H and O–H groups in total. The maximum atomic E-state index is 4.70. The van der Waals surface area contributed by atoms with E-state index in [4.69, 9.17) is 4.98 Å². The van der Waals surface area contributed by atoms with Gasteiger partial charge in [-0.3, -0.25) is 9.88 Å². The van der Waals surface area contributed by atoms with Crippen LogP contribution in [0.5, 0.6) is 0 Å². The molecule has 2 atom stereocenters. The average Bonchev–Trinajstić information content (AvgIpc) is 2.86. The predicted molar refractivity (Wildman–Crippen MR) is 74.6 cm³/mol. The average molecular weight is 242 g/mol. The van der Waals surface area contributed by atoms with E-state index in [0.717, 1.165) is 0 Å². The van der Waals surface area contributed by atoms with Gasteiger partial charge in [0, 0.05) is 23.9 Å². The molecular weight excluding hydrogens is 220 g/mol. The van der Waals surface area contributed by atoms with Crippen LogP contribution in [0.15, 0.2) is 30.5 Å². The van der Waals surface area contributed by atoms with E-state index in [9.17, 15) is 0 Å². The van der Waals surface area contributed by atoms with Crippen LogP contribution in [-0.2, 0) is 0 Å². The van der Waals surface area contributed by atoms with E-state index in [1.165, 1.54) is 49.9 Å². The first-order chi connectivity index (χ1) is 8.84. The Morgan fingerprint density at radius 2 is 2.17 bits per heavy atom. The number of likely N-dealkylation sites (tertiary alicyclic amines) is 1. The Morgan fingerprint density at radius 3 is 2.78 bits per heavy atom. The van der Waals surface area contributed by atoms with E-state index >= 15 is 0 Å². The lowest BCUT2D eigenvalue weighted by Gasteiger charge is -2.21. The fraction of sp³-hybridized carbons (Fsp3) is 0.562. The summed E-state index contributed by atoms with van der Waals surface area (Å²) in [6.07, 6.45) is 13.1. The molecule has 1 aromatic heterocycles. The number of hydrogen-bond donors (Lipinski definition) is 0. The molecule has 0 saturated carbocycles. The van der Waals surface area contributed by atoms with Crippen LogP contribution in [0.4, 0.5) is 0 Å². The van der Waals surface area contributed by atoms with Crippen molar-refractivity contribution in [2.24, 2.45) is 0 Å². The molecule has 0 aromatic carbocycles. The Balaban J connectivity index is 1.76. The Bertz CT molecular complexity index is 421. The quantitative estimate of drug-likeness (QED) is 0.736. The molecule has 2 nitrogen and oxygen atoms in total. The highest BCUT2D eigenvalue weighted by molar-refractivity contribution is 5.23. The van der Waals surface area contributed by atoms with Gasteiger partial charge in [-0.05, 0) is 57.3 Å². The number of aromatic nitrogens is 1. The zero-order valence-corrected chi connectivity index (χ0v) is 11.2. The monoisotopic (exact) mass is 242 g/mol. The van der Waals surface area contributed by atoms with Gasteiger partial charge in [0.05, 0.1) is 0 Å². The molecule has 2 heterocycles. The minimum atomic E-state index is 0.550. The van der Waals surface area contributed by atoms with Gasteiger partial charge in [0.15, 0.2) is 0 Å². The molecule has 1 aliphatic carbocycles. The van der Waals surface area contributed by atoms with E-state index in [-0.39, 0.29) is 0 Å². The van der Waals surface area contributed by atoms with Gasteiger partial charge in [-0.15, -0.1) is 0 Å². The summed E-state index contributed by atoms with van der Waals surface area (Å²) in [7, 11) is 2.22. The van der Waals surface area contributed by atoms with Gasteiger partial charge >= 0.3 is 0 Å². The van der Waals surface area contributed by atoms with Gasteiger partial charge in [0.2, 0.25) is 0 Å². The van der Waals surface area contributed by atoms with Crippen molar-refractivity contribution in [2.45, 2.75) is 44.1 Å². The van der Waals surface area contributed by atoms with Crippen LogP contribution in [0.2, 0.25) is 0 Å². The molecule has 2 aliphatic rings. The van der Waals surface area contributed by atoms with Crippen molar-refractivity contribution >= 4 is 0 Å². The summed E-state index contributed by atoms with van der Waals surface area (Å²) in [6.45, 7) is 1.22. The standard InChI is InChI=1S/C16H22N2/c1-18-11-5-8-16(18)14-9-10-15(17-12-14)13-6-3-2-4-7-13/h3,6,9-10,12-13,16H,2,4-5,7-8,11H2,1H3/t13?,16-/m0/s1. The molecule has 1 saturated heterocycles. The van der Waals surface area contributed by atoms with E-state index < -0.39 is 0 Å². The second kappa shape index (κ2) is 5.23. The highest BCUT2D eigenvalue weighted by Gasteiger charge is 2.23. The van der Waals surface area contributed by atoms with Gasteiger partial charge in [0.25, 0.3) is 0 Å². The maximum Gasteiger partial charge on any atom is 0.0472 e. The molecule has 0 radical (unpaired) electrons. The van der Waals surface area contributed by atoms with Crippen LogP contribution >= 0.6 is 0 Å². The molecule has 0 spiro atoms. The summed E-state index contributed by atoms with van der Waals surface area (Å²) >= 11 is 0. The predicted octanol–water partition coefficient (Wildman–Crippen LogP) is 3.67. The lowest BCUT2D eigenvalue weighted by molar-refractivity contribution is 0.317. The molecule has 1 aliphatic heterocycles. The molecular formula is C16H22N2. The summed E-state index contributed by atoms with van der Waals surface area (Å²) in [5.74, 6) is 0.550. The molecule has 1 aromatic rings. The molecule has 0 bridgehead atoms. The van der Waals surface area contributed by atoms with Crippen molar-refractivity contribution in [1.29, 1.82) is 0 Å². The van der Waals surface area contributed by atoms with Gasteiger partial charge in [-0.25, -0.2) is 0 Å². The molecule has 3 rings (SSSR count). The zero-order chi connectivity index (χ0) is 12.4. The zero-order valence-electron chi connectivity index (χ0n) is 11.2. The summed E-state index contributed by atoms with van der Waals surface area (Å²) in [4.78, 5) is 7.15. The Morgan fingerprint density at radius 1 is 1.22 bits per heavy atom. The second-order valence-electron chi connectivity index (χ2n) is 5.62. The van der Waals surface area contributed by atoms with Crippen LogP contribution in [0.3, 0.4) is 0 Å². The maximum absolute atomic E-state index is 4.70. The fourth-order valence-electron chi connectivity index (χ4n) is 3.22. The van der Waals surface area contributed by atoms with Gasteiger partial charge in [-0.2, -0.15) is 0 Å². The third-order valence-electron chi connectivity index (χ3n) is 4.35. The summed E-state index contributed by atoms with van der Waals surface area (Å²) < 4.78 is 0. The molecule has 96 valence electrons. The Hall–Kier alpha value is -1.15. The lowest BCUT2D eigenvalue weighted by atomic mass is 9.92. The minimum absolute atomic E-state index is 0.550. The number of nitrogens with zero attached hydrogens (tertiary/aromatic N) is 2. The second-order valence-corrected chi connectivity index (χ2v) is 5.62. The van der Waals surface area contributed by atoms with Crippen molar-refractivity contribution in [2.75, 3.05) is 13.6 Å². The van der Waals surface area contributed by atoms with Crippen LogP contribution in [-0.4, -0.2) is 23.5 Å². The number of pyridine rings is 1. The fourth-order valence-corrected chi connectivity index (χ4v) is 3.22. The number of hydrogen-bond acceptors (Lipinski definition) is 2. The first-order valence-electron chi connectivity index (χ1n) is 7.17. The van der Waals surface area contributed by atoms with Crippen molar-refractivity contribution in [1.82, 2.24) is 9.88 Å². The van der Waals surface area contributed by atoms with Crippen LogP contribution in [0, 0.1) is 0 Å². The molecule has 18 heavy (non-hydrogen) atoms. The Labute approximate surface area is 110 Å². The highest BCUT2D eigenvalue weighted by Crippen LogP contribution is 2.31. The molecule has 1 unspecified atom stereocenters. The molecule has 0 amide bonds. The number of allylic oxidation sites excluding steroid dienone is 2. The van der Waals surface area contributed by atoms with Crippen molar-refractivity contribution in [3.05, 3.63) is 41.7 Å². The summed E-state index contributed by atoms with van der Waals surface area (Å²) in [5, 5.41) is 0. The van der Waals surface area contributed by atoms with Gasteiger partial charge in [-0.1, -0.05) is 18.2 Å². The SMILES string of the molecule is CN1CCC[C@H]1c1ccc(C2C=CCCC2)nc1. The topological polar surface area (TPSA) is 16.1 Å². The van der Waals surface area contributed by atoms with E-state index in [0.29, 0.717) is 12.0 Å². The molecule has 2 heteroatoms. The van der Waals surface area contributed by atoms with Crippen LogP contribution in [0.1, 0.15) is 55.3 Å². The van der Waals surface area contributed by atoms with Crippen LogP contribution in [0.25, 0.3) is 0 Å². The summed E-state index contributed by atoms with van der Waals surface area (Å²) in [5.41, 5.74) is 2.63.